The molecule has 2 heterocycles. The standard InChI is InChI=1S/C26H35N5O2/c1-30(2)22-10-8-20(9-11-22)15-27-21-14-24-26(33)29-17-23(31(24)18-21)12-13-25(32)28-16-19-6-4-3-5-7-19/h3-11,21,23-24,27H,12-18H2,1-2H3,(H,28,32)(H,29,33). The summed E-state index contributed by atoms with van der Waals surface area (Å²) in [5, 5.41) is 9.69. The van der Waals surface area contributed by atoms with E-state index in [9.17, 15) is 9.59 Å². The maximum absolute atomic E-state index is 12.5. The van der Waals surface area contributed by atoms with Crippen molar-refractivity contribution in [2.24, 2.45) is 0 Å². The number of carbonyl (C=O) groups is 2. The molecule has 2 amide bonds. The predicted octanol–water partition coefficient (Wildman–Crippen LogP) is 1.88. The number of carbonyl (C=O) groups excluding carboxylic acids is 2. The minimum absolute atomic E-state index is 0.0577. The molecule has 3 N–H and O–H groups in total. The highest BCUT2D eigenvalue weighted by Crippen LogP contribution is 2.26. The topological polar surface area (TPSA) is 76.7 Å². The molecule has 0 aromatic heterocycles. The third-order valence-electron chi connectivity index (χ3n) is 6.71. The van der Waals surface area contributed by atoms with Gasteiger partial charge in [0.25, 0.3) is 0 Å². The van der Waals surface area contributed by atoms with Crippen molar-refractivity contribution >= 4 is 17.5 Å². The van der Waals surface area contributed by atoms with Crippen LogP contribution in [-0.2, 0) is 22.7 Å². The van der Waals surface area contributed by atoms with Crippen LogP contribution in [0, 0.1) is 0 Å². The van der Waals surface area contributed by atoms with Crippen LogP contribution in [0.5, 0.6) is 0 Å². The zero-order valence-electron chi connectivity index (χ0n) is 19.6. The number of nitrogens with one attached hydrogen (secondary N) is 3. The lowest BCUT2D eigenvalue weighted by molar-refractivity contribution is -0.129. The monoisotopic (exact) mass is 449 g/mol. The van der Waals surface area contributed by atoms with Gasteiger partial charge in [-0.2, -0.15) is 0 Å². The summed E-state index contributed by atoms with van der Waals surface area (Å²) in [5.41, 5.74) is 3.52. The molecule has 7 nitrogen and oxygen atoms in total. The van der Waals surface area contributed by atoms with Gasteiger partial charge in [-0.15, -0.1) is 0 Å². The molecular formula is C26H35N5O2. The Kier molecular flexibility index (Phi) is 7.62. The van der Waals surface area contributed by atoms with Crippen LogP contribution in [0.3, 0.4) is 0 Å². The second-order valence-corrected chi connectivity index (χ2v) is 9.29. The average Bonchev–Trinajstić information content (AvgIpc) is 3.27. The number of piperazine rings is 1. The fourth-order valence-corrected chi connectivity index (χ4v) is 4.75. The van der Waals surface area contributed by atoms with E-state index in [1.54, 1.807) is 0 Å². The van der Waals surface area contributed by atoms with Crippen molar-refractivity contribution in [2.45, 2.75) is 50.5 Å². The lowest BCUT2D eigenvalue weighted by Gasteiger charge is -2.37. The predicted molar refractivity (Wildman–Crippen MR) is 131 cm³/mol. The fraction of sp³-hybridized carbons (Fsp3) is 0.462. The van der Waals surface area contributed by atoms with Crippen molar-refractivity contribution in [1.82, 2.24) is 20.9 Å². The summed E-state index contributed by atoms with van der Waals surface area (Å²) in [5.74, 6) is 0.168. The number of hydrogen-bond donors (Lipinski definition) is 3. The summed E-state index contributed by atoms with van der Waals surface area (Å²) < 4.78 is 0. The van der Waals surface area contributed by atoms with Gasteiger partial charge in [-0.1, -0.05) is 42.5 Å². The number of benzene rings is 2. The quantitative estimate of drug-likeness (QED) is 0.545. The van der Waals surface area contributed by atoms with Crippen molar-refractivity contribution in [3.63, 3.8) is 0 Å². The number of anilines is 1. The van der Waals surface area contributed by atoms with Crippen LogP contribution in [0.4, 0.5) is 5.69 Å². The Hall–Kier alpha value is -2.90. The van der Waals surface area contributed by atoms with E-state index in [0.717, 1.165) is 31.5 Å². The molecule has 176 valence electrons. The van der Waals surface area contributed by atoms with Gasteiger partial charge >= 0.3 is 0 Å². The number of rotatable bonds is 9. The molecule has 7 heteroatoms. The first-order valence-electron chi connectivity index (χ1n) is 11.8. The van der Waals surface area contributed by atoms with Gasteiger partial charge < -0.3 is 20.9 Å². The van der Waals surface area contributed by atoms with E-state index < -0.39 is 0 Å². The zero-order valence-corrected chi connectivity index (χ0v) is 19.6. The van der Waals surface area contributed by atoms with Gasteiger partial charge in [0.1, 0.15) is 0 Å². The van der Waals surface area contributed by atoms with Crippen molar-refractivity contribution in [3.8, 4) is 0 Å². The molecule has 4 rings (SSSR count). The van der Waals surface area contributed by atoms with Crippen LogP contribution in [-0.4, -0.2) is 62.0 Å². The summed E-state index contributed by atoms with van der Waals surface area (Å²) in [6, 6.07) is 18.8. The molecule has 0 radical (unpaired) electrons. The molecule has 2 saturated heterocycles. The van der Waals surface area contributed by atoms with Crippen LogP contribution in [0.2, 0.25) is 0 Å². The molecule has 33 heavy (non-hydrogen) atoms. The van der Waals surface area contributed by atoms with E-state index >= 15 is 0 Å². The normalized spacial score (nSPS) is 22.5. The van der Waals surface area contributed by atoms with Gasteiger partial charge in [-0.25, -0.2) is 0 Å². The Bertz CT molecular complexity index is 931. The maximum Gasteiger partial charge on any atom is 0.237 e. The van der Waals surface area contributed by atoms with Gasteiger partial charge in [0.15, 0.2) is 0 Å². The Morgan fingerprint density at radius 1 is 1.06 bits per heavy atom. The number of amides is 2. The molecule has 0 aliphatic carbocycles. The van der Waals surface area contributed by atoms with E-state index in [1.807, 2.05) is 44.4 Å². The van der Waals surface area contributed by atoms with Gasteiger partial charge in [-0.3, -0.25) is 14.5 Å². The first-order valence-corrected chi connectivity index (χ1v) is 11.8. The van der Waals surface area contributed by atoms with Crippen LogP contribution >= 0.6 is 0 Å². The van der Waals surface area contributed by atoms with E-state index in [2.05, 4.69) is 50.0 Å². The Labute approximate surface area is 196 Å². The summed E-state index contributed by atoms with van der Waals surface area (Å²) in [7, 11) is 4.08. The molecular weight excluding hydrogens is 414 g/mol. The van der Waals surface area contributed by atoms with Crippen molar-refractivity contribution in [3.05, 3.63) is 65.7 Å². The Morgan fingerprint density at radius 2 is 1.79 bits per heavy atom. The summed E-state index contributed by atoms with van der Waals surface area (Å²) >= 11 is 0. The number of hydrogen-bond acceptors (Lipinski definition) is 5. The summed E-state index contributed by atoms with van der Waals surface area (Å²) in [4.78, 5) is 29.2. The lowest BCUT2D eigenvalue weighted by Crippen LogP contribution is -2.58. The largest absolute Gasteiger partial charge is 0.378 e. The molecule has 2 aromatic rings. The van der Waals surface area contributed by atoms with E-state index in [4.69, 9.17) is 0 Å². The number of nitrogens with zero attached hydrogens (tertiary/aromatic N) is 2. The highest BCUT2D eigenvalue weighted by Gasteiger charge is 2.43. The first-order chi connectivity index (χ1) is 16.0. The van der Waals surface area contributed by atoms with E-state index in [-0.39, 0.29) is 29.9 Å². The molecule has 2 aromatic carbocycles. The van der Waals surface area contributed by atoms with Gasteiger partial charge in [-0.05, 0) is 36.1 Å². The lowest BCUT2D eigenvalue weighted by atomic mass is 10.0. The summed E-state index contributed by atoms with van der Waals surface area (Å²) in [6.07, 6.45) is 2.02. The highest BCUT2D eigenvalue weighted by atomic mass is 16.2. The second kappa shape index (κ2) is 10.8. The summed E-state index contributed by atoms with van der Waals surface area (Å²) in [6.45, 7) is 2.78. The second-order valence-electron chi connectivity index (χ2n) is 9.29. The van der Waals surface area contributed by atoms with Crippen molar-refractivity contribution < 1.29 is 9.59 Å². The maximum atomic E-state index is 12.5. The van der Waals surface area contributed by atoms with Crippen LogP contribution in [0.25, 0.3) is 0 Å². The van der Waals surface area contributed by atoms with Crippen LogP contribution in [0.1, 0.15) is 30.4 Å². The smallest absolute Gasteiger partial charge is 0.237 e. The SMILES string of the molecule is CN(C)c1ccc(CNC2CC3C(=O)NCC(CCC(=O)NCc4ccccc4)N3C2)cc1. The van der Waals surface area contributed by atoms with Crippen molar-refractivity contribution in [1.29, 1.82) is 0 Å². The third-order valence-corrected chi connectivity index (χ3v) is 6.71. The molecule has 3 atom stereocenters. The third kappa shape index (κ3) is 6.12. The van der Waals surface area contributed by atoms with E-state index in [0.29, 0.717) is 19.5 Å². The van der Waals surface area contributed by atoms with Gasteiger partial charge in [0, 0.05) is 64.5 Å². The molecule has 2 aliphatic heterocycles. The Balaban J connectivity index is 1.25. The molecule has 2 aliphatic rings. The minimum Gasteiger partial charge on any atom is -0.378 e. The van der Waals surface area contributed by atoms with E-state index in [1.165, 1.54) is 11.3 Å². The zero-order chi connectivity index (χ0) is 23.2. The minimum atomic E-state index is -0.107. The van der Waals surface area contributed by atoms with Gasteiger partial charge in [0.2, 0.25) is 11.8 Å². The molecule has 0 saturated carbocycles. The first kappa shape index (κ1) is 23.3. The van der Waals surface area contributed by atoms with Crippen molar-refractivity contribution in [2.75, 3.05) is 32.1 Å². The highest BCUT2D eigenvalue weighted by molar-refractivity contribution is 5.83. The van der Waals surface area contributed by atoms with Crippen LogP contribution in [0.15, 0.2) is 54.6 Å². The fourth-order valence-electron chi connectivity index (χ4n) is 4.75. The van der Waals surface area contributed by atoms with Crippen LogP contribution < -0.4 is 20.9 Å². The molecule has 2 fully saturated rings. The average molecular weight is 450 g/mol. The Morgan fingerprint density at radius 3 is 2.52 bits per heavy atom. The molecule has 0 bridgehead atoms. The molecule has 0 spiro atoms. The number of fused-ring (bicyclic) bond motifs is 1. The van der Waals surface area contributed by atoms with Gasteiger partial charge in [0.05, 0.1) is 6.04 Å². The molecule has 3 unspecified atom stereocenters.